The summed E-state index contributed by atoms with van der Waals surface area (Å²) in [5, 5.41) is 0. The smallest absolute Gasteiger partial charge is 0.422 e. The summed E-state index contributed by atoms with van der Waals surface area (Å²) in [6.45, 7) is -1.51. The normalized spacial score (nSPS) is 11.5. The van der Waals surface area contributed by atoms with Crippen LogP contribution < -0.4 is 4.74 Å². The highest BCUT2D eigenvalue weighted by molar-refractivity contribution is 9.10. The Morgan fingerprint density at radius 3 is 2.43 bits per heavy atom. The molecule has 0 unspecified atom stereocenters. The van der Waals surface area contributed by atoms with Gasteiger partial charge in [-0.25, -0.2) is 4.39 Å². The molecule has 1 aromatic rings. The first-order chi connectivity index (χ1) is 6.40. The third kappa shape index (κ3) is 3.17. The van der Waals surface area contributed by atoms with E-state index in [2.05, 4.69) is 20.7 Å². The Bertz CT molecular complexity index is 303. The van der Waals surface area contributed by atoms with E-state index in [4.69, 9.17) is 0 Å². The molecule has 14 heavy (non-hydrogen) atoms. The van der Waals surface area contributed by atoms with E-state index >= 15 is 0 Å². The van der Waals surface area contributed by atoms with Gasteiger partial charge >= 0.3 is 6.18 Å². The third-order valence-electron chi connectivity index (χ3n) is 1.30. The van der Waals surface area contributed by atoms with Gasteiger partial charge in [-0.05, 0) is 28.1 Å². The molecule has 1 nitrogen and oxygen atoms in total. The van der Waals surface area contributed by atoms with Crippen molar-refractivity contribution in [3.05, 3.63) is 28.5 Å². The van der Waals surface area contributed by atoms with Gasteiger partial charge in [0.25, 0.3) is 0 Å². The molecule has 0 aliphatic rings. The molecule has 0 N–H and O–H groups in total. The maximum Gasteiger partial charge on any atom is 0.422 e. The number of ether oxygens (including phenoxy) is 1. The summed E-state index contributed by atoms with van der Waals surface area (Å²) in [6.07, 6.45) is -4.47. The number of hydrogen-bond donors (Lipinski definition) is 0. The summed E-state index contributed by atoms with van der Waals surface area (Å²) in [4.78, 5) is 0. The summed E-state index contributed by atoms with van der Waals surface area (Å²) in [5.41, 5.74) is 0. The van der Waals surface area contributed by atoms with Gasteiger partial charge in [0.15, 0.2) is 18.2 Å². The average molecular weight is 273 g/mol. The second kappa shape index (κ2) is 4.16. The Morgan fingerprint density at radius 2 is 1.93 bits per heavy atom. The fraction of sp³-hybridized carbons (Fsp3) is 0.250. The maximum atomic E-state index is 12.9. The first-order valence-electron chi connectivity index (χ1n) is 3.54. The first-order valence-corrected chi connectivity index (χ1v) is 4.33. The molecule has 0 saturated heterocycles. The van der Waals surface area contributed by atoms with Crippen molar-refractivity contribution in [2.45, 2.75) is 6.18 Å². The molecule has 0 aliphatic carbocycles. The lowest BCUT2D eigenvalue weighted by molar-refractivity contribution is -0.153. The van der Waals surface area contributed by atoms with Crippen LogP contribution in [-0.4, -0.2) is 12.8 Å². The third-order valence-corrected chi connectivity index (χ3v) is 1.92. The van der Waals surface area contributed by atoms with Crippen LogP contribution in [0.25, 0.3) is 0 Å². The van der Waals surface area contributed by atoms with Gasteiger partial charge < -0.3 is 4.74 Å². The fourth-order valence-corrected chi connectivity index (χ4v) is 1.23. The zero-order valence-electron chi connectivity index (χ0n) is 6.74. The van der Waals surface area contributed by atoms with Crippen LogP contribution in [0.15, 0.2) is 22.7 Å². The summed E-state index contributed by atoms with van der Waals surface area (Å²) in [7, 11) is 0. The SMILES string of the molecule is Fc1cccc(Br)c1OCC(F)(F)F. The highest BCUT2D eigenvalue weighted by atomic mass is 79.9. The number of benzene rings is 1. The molecule has 1 aromatic carbocycles. The minimum atomic E-state index is -4.47. The van der Waals surface area contributed by atoms with E-state index in [9.17, 15) is 17.6 Å². The summed E-state index contributed by atoms with van der Waals surface area (Å²) >= 11 is 2.88. The van der Waals surface area contributed by atoms with Gasteiger partial charge in [-0.15, -0.1) is 0 Å². The maximum absolute atomic E-state index is 12.9. The van der Waals surface area contributed by atoms with Gasteiger partial charge in [0.1, 0.15) is 0 Å². The van der Waals surface area contributed by atoms with E-state index < -0.39 is 24.3 Å². The lowest BCUT2D eigenvalue weighted by Gasteiger charge is -2.10. The monoisotopic (exact) mass is 272 g/mol. The summed E-state index contributed by atoms with van der Waals surface area (Å²) in [5.74, 6) is -1.26. The van der Waals surface area contributed by atoms with Gasteiger partial charge in [0.2, 0.25) is 0 Å². The van der Waals surface area contributed by atoms with Crippen LogP contribution in [0.1, 0.15) is 0 Å². The van der Waals surface area contributed by atoms with E-state index in [-0.39, 0.29) is 4.47 Å². The van der Waals surface area contributed by atoms with Gasteiger partial charge in [0.05, 0.1) is 4.47 Å². The molecule has 0 bridgehead atoms. The van der Waals surface area contributed by atoms with E-state index in [1.807, 2.05) is 0 Å². The van der Waals surface area contributed by atoms with Crippen LogP contribution in [0.5, 0.6) is 5.75 Å². The van der Waals surface area contributed by atoms with E-state index in [1.54, 1.807) is 0 Å². The van der Waals surface area contributed by atoms with Crippen molar-refractivity contribution in [3.8, 4) is 5.75 Å². The van der Waals surface area contributed by atoms with Crippen molar-refractivity contribution >= 4 is 15.9 Å². The van der Waals surface area contributed by atoms with Gasteiger partial charge in [-0.3, -0.25) is 0 Å². The second-order valence-corrected chi connectivity index (χ2v) is 3.31. The molecule has 6 heteroatoms. The Morgan fingerprint density at radius 1 is 1.29 bits per heavy atom. The summed E-state index contributed by atoms with van der Waals surface area (Å²) < 4.78 is 52.6. The van der Waals surface area contributed by atoms with E-state index in [0.717, 1.165) is 6.07 Å². The minimum absolute atomic E-state index is 0.154. The van der Waals surface area contributed by atoms with Crippen LogP contribution in [0.2, 0.25) is 0 Å². The molecule has 0 radical (unpaired) electrons. The Kier molecular flexibility index (Phi) is 3.36. The molecule has 0 aliphatic heterocycles. The number of rotatable bonds is 2. The largest absolute Gasteiger partial charge is 0.480 e. The first kappa shape index (κ1) is 11.3. The second-order valence-electron chi connectivity index (χ2n) is 2.45. The van der Waals surface area contributed by atoms with Crippen molar-refractivity contribution in [3.63, 3.8) is 0 Å². The lowest BCUT2D eigenvalue weighted by Crippen LogP contribution is -2.19. The van der Waals surface area contributed by atoms with Crippen molar-refractivity contribution in [2.75, 3.05) is 6.61 Å². The molecule has 78 valence electrons. The van der Waals surface area contributed by atoms with Crippen LogP contribution in [0.4, 0.5) is 17.6 Å². The molecule has 0 amide bonds. The Balaban J connectivity index is 2.77. The number of para-hydroxylation sites is 1. The van der Waals surface area contributed by atoms with Crippen LogP contribution in [0, 0.1) is 5.82 Å². The highest BCUT2D eigenvalue weighted by Crippen LogP contribution is 2.29. The summed E-state index contributed by atoms with van der Waals surface area (Å²) in [6, 6.07) is 3.78. The zero-order chi connectivity index (χ0) is 10.8. The highest BCUT2D eigenvalue weighted by Gasteiger charge is 2.29. The van der Waals surface area contributed by atoms with Gasteiger partial charge in [-0.1, -0.05) is 6.07 Å². The minimum Gasteiger partial charge on any atom is -0.480 e. The molecule has 0 fully saturated rings. The molecular weight excluding hydrogens is 268 g/mol. The van der Waals surface area contributed by atoms with Crippen LogP contribution in [0.3, 0.4) is 0 Å². The van der Waals surface area contributed by atoms with Gasteiger partial charge in [0, 0.05) is 0 Å². The topological polar surface area (TPSA) is 9.23 Å². The molecule has 0 atom stereocenters. The standard InChI is InChI=1S/C8H5BrF4O/c9-5-2-1-3-6(10)7(5)14-4-8(11,12)13/h1-3H,4H2. The molecule has 0 aromatic heterocycles. The number of hydrogen-bond acceptors (Lipinski definition) is 1. The van der Waals surface area contributed by atoms with Crippen molar-refractivity contribution in [1.82, 2.24) is 0 Å². The fourth-order valence-electron chi connectivity index (χ4n) is 0.774. The average Bonchev–Trinajstić information content (AvgIpc) is 2.01. The predicted octanol–water partition coefficient (Wildman–Crippen LogP) is 3.53. The van der Waals surface area contributed by atoms with Gasteiger partial charge in [-0.2, -0.15) is 13.2 Å². The zero-order valence-corrected chi connectivity index (χ0v) is 8.32. The van der Waals surface area contributed by atoms with Crippen LogP contribution >= 0.6 is 15.9 Å². The van der Waals surface area contributed by atoms with E-state index in [1.165, 1.54) is 12.1 Å². The Labute approximate surface area is 85.8 Å². The molecule has 1 rings (SSSR count). The lowest BCUT2D eigenvalue weighted by atomic mass is 10.3. The predicted molar refractivity (Wildman–Crippen MR) is 45.7 cm³/mol. The van der Waals surface area contributed by atoms with Crippen LogP contribution in [-0.2, 0) is 0 Å². The molecule has 0 heterocycles. The molecule has 0 spiro atoms. The molecular formula is C8H5BrF4O. The van der Waals surface area contributed by atoms with Crippen molar-refractivity contribution in [1.29, 1.82) is 0 Å². The van der Waals surface area contributed by atoms with E-state index in [0.29, 0.717) is 0 Å². The van der Waals surface area contributed by atoms with Crippen molar-refractivity contribution in [2.24, 2.45) is 0 Å². The quantitative estimate of drug-likeness (QED) is 0.749. The molecule has 0 saturated carbocycles. The number of alkyl halides is 3. The Hall–Kier alpha value is -0.780. The van der Waals surface area contributed by atoms with Crippen molar-refractivity contribution < 1.29 is 22.3 Å². The number of halogens is 5.